The molecular formula is C19H34O16. The van der Waals surface area contributed by atoms with Crippen LogP contribution in [0.15, 0.2) is 0 Å². The van der Waals surface area contributed by atoms with Crippen molar-refractivity contribution in [1.29, 1.82) is 0 Å². The van der Waals surface area contributed by atoms with Crippen LogP contribution in [-0.2, 0) is 28.4 Å². The summed E-state index contributed by atoms with van der Waals surface area (Å²) in [7, 11) is 1.19. The van der Waals surface area contributed by atoms with Crippen molar-refractivity contribution in [2.24, 2.45) is 0 Å². The zero-order valence-corrected chi connectivity index (χ0v) is 18.7. The van der Waals surface area contributed by atoms with Gasteiger partial charge in [-0.15, -0.1) is 0 Å². The molecule has 0 aromatic carbocycles. The summed E-state index contributed by atoms with van der Waals surface area (Å²) < 4.78 is 32.1. The summed E-state index contributed by atoms with van der Waals surface area (Å²) >= 11 is 0. The lowest BCUT2D eigenvalue weighted by molar-refractivity contribution is -0.378. The van der Waals surface area contributed by atoms with Crippen molar-refractivity contribution in [3.8, 4) is 0 Å². The van der Waals surface area contributed by atoms with Crippen molar-refractivity contribution in [2.45, 2.75) is 92.1 Å². The Kier molecular flexibility index (Phi) is 10.1. The molecule has 0 bridgehead atoms. The summed E-state index contributed by atoms with van der Waals surface area (Å²) in [6, 6.07) is 0. The van der Waals surface area contributed by atoms with Crippen molar-refractivity contribution >= 4 is 0 Å². The van der Waals surface area contributed by atoms with E-state index in [9.17, 15) is 51.1 Å². The number of aliphatic hydroxyl groups is 10. The maximum Gasteiger partial charge on any atom is 0.187 e. The van der Waals surface area contributed by atoms with E-state index in [1.807, 2.05) is 0 Å². The molecule has 3 saturated heterocycles. The minimum absolute atomic E-state index is 0.682. The van der Waals surface area contributed by atoms with E-state index in [0.29, 0.717) is 0 Å². The standard InChI is InChI=1S/C19H34O16/c1-30-16-9(24)8(23)5(2-20)32-19(16)35-15-7(4-22)33-18(13(28)11(15)26)34-14-6(3-21)31-17(29)12(27)10(14)25/h5-29H,2-4H2,1H3/t5-,6-,7-,8-,9+,10-,11-,12-,13-,14-,15-,16-,17?,18-,19-/m1/s1. The van der Waals surface area contributed by atoms with E-state index >= 15 is 0 Å². The summed E-state index contributed by atoms with van der Waals surface area (Å²) in [6.07, 6.45) is -23.6. The zero-order chi connectivity index (χ0) is 26.0. The lowest BCUT2D eigenvalue weighted by atomic mass is 9.96. The first kappa shape index (κ1) is 28.9. The van der Waals surface area contributed by atoms with E-state index in [2.05, 4.69) is 0 Å². The molecule has 0 amide bonds. The van der Waals surface area contributed by atoms with Gasteiger partial charge < -0.3 is 79.5 Å². The molecule has 35 heavy (non-hydrogen) atoms. The molecule has 3 heterocycles. The van der Waals surface area contributed by atoms with E-state index in [4.69, 9.17) is 28.4 Å². The molecule has 15 atom stereocenters. The summed E-state index contributed by atoms with van der Waals surface area (Å²) in [6.45, 7) is -2.20. The van der Waals surface area contributed by atoms with Gasteiger partial charge in [0, 0.05) is 7.11 Å². The predicted octanol–water partition coefficient (Wildman–Crippen LogP) is -6.92. The largest absolute Gasteiger partial charge is 0.394 e. The van der Waals surface area contributed by atoms with Crippen LogP contribution in [0.3, 0.4) is 0 Å². The Morgan fingerprint density at radius 3 is 1.51 bits per heavy atom. The first-order valence-corrected chi connectivity index (χ1v) is 11.0. The minimum Gasteiger partial charge on any atom is -0.394 e. The maximum absolute atomic E-state index is 10.7. The van der Waals surface area contributed by atoms with Crippen LogP contribution in [0.2, 0.25) is 0 Å². The summed E-state index contributed by atoms with van der Waals surface area (Å²) in [5.74, 6) is 0. The maximum atomic E-state index is 10.7. The zero-order valence-electron chi connectivity index (χ0n) is 18.7. The highest BCUT2D eigenvalue weighted by Gasteiger charge is 2.53. The van der Waals surface area contributed by atoms with Crippen molar-refractivity contribution in [3.05, 3.63) is 0 Å². The third-order valence-electron chi connectivity index (χ3n) is 6.34. The first-order chi connectivity index (χ1) is 16.6. The van der Waals surface area contributed by atoms with Crippen molar-refractivity contribution in [3.63, 3.8) is 0 Å². The van der Waals surface area contributed by atoms with Gasteiger partial charge >= 0.3 is 0 Å². The van der Waals surface area contributed by atoms with Gasteiger partial charge in [-0.1, -0.05) is 0 Å². The van der Waals surface area contributed by atoms with Gasteiger partial charge in [-0.05, 0) is 0 Å². The smallest absolute Gasteiger partial charge is 0.187 e. The predicted molar refractivity (Wildman–Crippen MR) is 106 cm³/mol. The lowest BCUT2D eigenvalue weighted by Gasteiger charge is -2.48. The molecule has 0 radical (unpaired) electrons. The van der Waals surface area contributed by atoms with Crippen LogP contribution in [0.5, 0.6) is 0 Å². The molecule has 16 heteroatoms. The van der Waals surface area contributed by atoms with Crippen molar-refractivity contribution in [2.75, 3.05) is 26.9 Å². The molecule has 0 aromatic rings. The van der Waals surface area contributed by atoms with E-state index in [0.717, 1.165) is 0 Å². The SMILES string of the molecule is CO[C@H]1[C@@H](O[C@H]2[C@H](O)[C@@H](O)[C@@H](O[C@H]3[C@H](O)[C@@H](O)C(O)O[C@@H]3CO)O[C@@H]2CO)O[C@H](CO)[C@@H](O)[C@@H]1O. The van der Waals surface area contributed by atoms with Crippen LogP contribution in [0.1, 0.15) is 0 Å². The third-order valence-corrected chi connectivity index (χ3v) is 6.34. The minimum atomic E-state index is -1.87. The molecule has 0 saturated carbocycles. The molecule has 3 aliphatic rings. The van der Waals surface area contributed by atoms with Gasteiger partial charge in [-0.3, -0.25) is 0 Å². The second-order valence-corrected chi connectivity index (χ2v) is 8.54. The van der Waals surface area contributed by atoms with Gasteiger partial charge in [-0.25, -0.2) is 0 Å². The highest BCUT2D eigenvalue weighted by atomic mass is 16.8. The number of ether oxygens (including phenoxy) is 6. The fourth-order valence-electron chi connectivity index (χ4n) is 4.29. The van der Waals surface area contributed by atoms with E-state index in [1.165, 1.54) is 7.11 Å². The molecule has 0 spiro atoms. The number of methoxy groups -OCH3 is 1. The van der Waals surface area contributed by atoms with Crippen LogP contribution in [-0.4, -0.2) is 170 Å². The Bertz CT molecular complexity index is 652. The Morgan fingerprint density at radius 1 is 0.514 bits per heavy atom. The van der Waals surface area contributed by atoms with Gasteiger partial charge in [0.25, 0.3) is 0 Å². The molecule has 16 nitrogen and oxygen atoms in total. The van der Waals surface area contributed by atoms with E-state index < -0.39 is 112 Å². The molecule has 206 valence electrons. The monoisotopic (exact) mass is 518 g/mol. The van der Waals surface area contributed by atoms with Crippen LogP contribution in [0.4, 0.5) is 0 Å². The van der Waals surface area contributed by atoms with Crippen LogP contribution in [0, 0.1) is 0 Å². The molecule has 3 aliphatic heterocycles. The first-order valence-electron chi connectivity index (χ1n) is 11.0. The quantitative estimate of drug-likeness (QED) is 0.143. The highest BCUT2D eigenvalue weighted by molar-refractivity contribution is 4.96. The summed E-state index contributed by atoms with van der Waals surface area (Å²) in [5.41, 5.74) is 0. The van der Waals surface area contributed by atoms with E-state index in [1.54, 1.807) is 0 Å². The molecule has 1 unspecified atom stereocenters. The van der Waals surface area contributed by atoms with Crippen molar-refractivity contribution in [1.82, 2.24) is 0 Å². The number of rotatable bonds is 8. The Morgan fingerprint density at radius 2 is 0.971 bits per heavy atom. The lowest BCUT2D eigenvalue weighted by Crippen LogP contribution is -2.66. The van der Waals surface area contributed by atoms with Crippen molar-refractivity contribution < 1.29 is 79.5 Å². The molecule has 3 fully saturated rings. The molecular weight excluding hydrogens is 484 g/mol. The second kappa shape index (κ2) is 12.3. The van der Waals surface area contributed by atoms with E-state index in [-0.39, 0.29) is 0 Å². The topological polar surface area (TPSA) is 258 Å². The fraction of sp³-hybridized carbons (Fsp3) is 1.00. The third kappa shape index (κ3) is 5.78. The summed E-state index contributed by atoms with van der Waals surface area (Å²) in [5, 5.41) is 100.0. The molecule has 3 rings (SSSR count). The number of hydrogen-bond donors (Lipinski definition) is 10. The van der Waals surface area contributed by atoms with Gasteiger partial charge in [0.1, 0.15) is 73.2 Å². The second-order valence-electron chi connectivity index (χ2n) is 8.54. The Labute approximate surface area is 199 Å². The fourth-order valence-corrected chi connectivity index (χ4v) is 4.29. The average Bonchev–Trinajstić information content (AvgIpc) is 2.85. The average molecular weight is 518 g/mol. The highest BCUT2D eigenvalue weighted by Crippen LogP contribution is 2.32. The summed E-state index contributed by atoms with van der Waals surface area (Å²) in [4.78, 5) is 0. The van der Waals surface area contributed by atoms with Crippen LogP contribution >= 0.6 is 0 Å². The van der Waals surface area contributed by atoms with Gasteiger partial charge in [0.05, 0.1) is 19.8 Å². The van der Waals surface area contributed by atoms with Crippen LogP contribution < -0.4 is 0 Å². The van der Waals surface area contributed by atoms with Crippen LogP contribution in [0.25, 0.3) is 0 Å². The Balaban J connectivity index is 1.74. The number of aliphatic hydroxyl groups excluding tert-OH is 10. The van der Waals surface area contributed by atoms with Gasteiger partial charge in [0.15, 0.2) is 18.9 Å². The normalized spacial score (nSPS) is 51.3. The van der Waals surface area contributed by atoms with Gasteiger partial charge in [-0.2, -0.15) is 0 Å². The van der Waals surface area contributed by atoms with Gasteiger partial charge in [0.2, 0.25) is 0 Å². The molecule has 0 aromatic heterocycles. The molecule has 10 N–H and O–H groups in total. The Hall–Kier alpha value is -0.640. The molecule has 0 aliphatic carbocycles. The number of hydrogen-bond acceptors (Lipinski definition) is 16.